The molecule has 0 radical (unpaired) electrons. The molecule has 3 heteroatoms. The van der Waals surface area contributed by atoms with E-state index in [0.29, 0.717) is 0 Å². The van der Waals surface area contributed by atoms with Crippen molar-refractivity contribution in [2.45, 2.75) is 33.4 Å². The van der Waals surface area contributed by atoms with Crippen molar-refractivity contribution in [3.63, 3.8) is 0 Å². The smallest absolute Gasteiger partial charge is 0.0605 e. The minimum Gasteiger partial charge on any atom is -0.309 e. The molecule has 0 saturated heterocycles. The maximum Gasteiger partial charge on any atom is 0.0605 e. The molecule has 0 aliphatic rings. The van der Waals surface area contributed by atoms with Gasteiger partial charge >= 0.3 is 0 Å². The van der Waals surface area contributed by atoms with Crippen LogP contribution in [0.1, 0.15) is 35.2 Å². The molecule has 1 unspecified atom stereocenters. The van der Waals surface area contributed by atoms with E-state index in [-0.39, 0.29) is 6.04 Å². The molecule has 1 aromatic carbocycles. The third-order valence-corrected chi connectivity index (χ3v) is 3.46. The SMILES string of the molecule is CCn1cc(C(NC)c2ccc(C)c(C)c2)cn1. The van der Waals surface area contributed by atoms with Gasteiger partial charge in [-0.15, -0.1) is 0 Å². The molecule has 1 aromatic heterocycles. The molecule has 0 fully saturated rings. The van der Waals surface area contributed by atoms with Crippen LogP contribution in [0.15, 0.2) is 30.6 Å². The van der Waals surface area contributed by atoms with Crippen molar-refractivity contribution in [1.82, 2.24) is 15.1 Å². The average Bonchev–Trinajstić information content (AvgIpc) is 2.83. The Morgan fingerprint density at radius 1 is 1.22 bits per heavy atom. The number of rotatable bonds is 4. The van der Waals surface area contributed by atoms with Crippen molar-refractivity contribution in [3.8, 4) is 0 Å². The van der Waals surface area contributed by atoms with Crippen molar-refractivity contribution < 1.29 is 0 Å². The van der Waals surface area contributed by atoms with Gasteiger partial charge in [-0.1, -0.05) is 18.2 Å². The molecule has 1 N–H and O–H groups in total. The fraction of sp³-hybridized carbons (Fsp3) is 0.400. The Morgan fingerprint density at radius 2 is 2.00 bits per heavy atom. The minimum absolute atomic E-state index is 0.213. The van der Waals surface area contributed by atoms with Crippen LogP contribution in [0.5, 0.6) is 0 Å². The molecule has 0 aliphatic heterocycles. The molecule has 2 aromatic rings. The molecule has 3 nitrogen and oxygen atoms in total. The number of benzene rings is 1. The summed E-state index contributed by atoms with van der Waals surface area (Å²) in [5.74, 6) is 0. The van der Waals surface area contributed by atoms with Gasteiger partial charge in [-0.05, 0) is 44.5 Å². The summed E-state index contributed by atoms with van der Waals surface area (Å²) in [5, 5.41) is 7.71. The predicted octanol–water partition coefficient (Wildman–Crippen LogP) is 2.83. The highest BCUT2D eigenvalue weighted by molar-refractivity contribution is 5.35. The first-order valence-corrected chi connectivity index (χ1v) is 6.42. The number of nitrogens with one attached hydrogen (secondary N) is 1. The van der Waals surface area contributed by atoms with Crippen LogP contribution in [0.3, 0.4) is 0 Å². The van der Waals surface area contributed by atoms with E-state index in [4.69, 9.17) is 0 Å². The van der Waals surface area contributed by atoms with Gasteiger partial charge in [-0.3, -0.25) is 4.68 Å². The Balaban J connectivity index is 2.35. The summed E-state index contributed by atoms with van der Waals surface area (Å²) in [4.78, 5) is 0. The van der Waals surface area contributed by atoms with Crippen LogP contribution in [-0.4, -0.2) is 16.8 Å². The van der Waals surface area contributed by atoms with E-state index in [1.54, 1.807) is 0 Å². The normalized spacial score (nSPS) is 12.7. The Bertz CT molecular complexity index is 528. The Morgan fingerprint density at radius 3 is 2.56 bits per heavy atom. The molecule has 1 heterocycles. The summed E-state index contributed by atoms with van der Waals surface area (Å²) in [5.41, 5.74) is 5.16. The zero-order valence-corrected chi connectivity index (χ0v) is 11.6. The van der Waals surface area contributed by atoms with Gasteiger partial charge in [0.2, 0.25) is 0 Å². The van der Waals surface area contributed by atoms with Crippen LogP contribution in [0.2, 0.25) is 0 Å². The van der Waals surface area contributed by atoms with E-state index in [1.807, 2.05) is 17.9 Å². The van der Waals surface area contributed by atoms with E-state index in [0.717, 1.165) is 6.54 Å². The molecule has 2 rings (SSSR count). The summed E-state index contributed by atoms with van der Waals surface area (Å²) in [7, 11) is 1.99. The van der Waals surface area contributed by atoms with Gasteiger partial charge in [-0.25, -0.2) is 0 Å². The van der Waals surface area contributed by atoms with Crippen molar-refractivity contribution in [2.24, 2.45) is 0 Å². The van der Waals surface area contributed by atoms with Gasteiger partial charge in [0.05, 0.1) is 12.2 Å². The molecule has 1 atom stereocenters. The van der Waals surface area contributed by atoms with E-state index >= 15 is 0 Å². The monoisotopic (exact) mass is 243 g/mol. The van der Waals surface area contributed by atoms with Crippen LogP contribution in [0.25, 0.3) is 0 Å². The Labute approximate surface area is 109 Å². The maximum atomic E-state index is 4.35. The van der Waals surface area contributed by atoms with E-state index in [1.165, 1.54) is 22.3 Å². The molecular weight excluding hydrogens is 222 g/mol. The lowest BCUT2D eigenvalue weighted by Crippen LogP contribution is -2.17. The van der Waals surface area contributed by atoms with Crippen LogP contribution < -0.4 is 5.32 Å². The Kier molecular flexibility index (Phi) is 3.82. The molecule has 96 valence electrons. The largest absolute Gasteiger partial charge is 0.309 e. The second-order valence-corrected chi connectivity index (χ2v) is 4.69. The van der Waals surface area contributed by atoms with Gasteiger partial charge in [-0.2, -0.15) is 5.10 Å². The van der Waals surface area contributed by atoms with Crippen molar-refractivity contribution in [3.05, 3.63) is 52.8 Å². The van der Waals surface area contributed by atoms with Crippen LogP contribution in [-0.2, 0) is 6.54 Å². The number of aryl methyl sites for hydroxylation is 3. The van der Waals surface area contributed by atoms with Gasteiger partial charge < -0.3 is 5.32 Å². The topological polar surface area (TPSA) is 29.9 Å². The fourth-order valence-corrected chi connectivity index (χ4v) is 2.17. The van der Waals surface area contributed by atoms with Gasteiger partial charge in [0.15, 0.2) is 0 Å². The van der Waals surface area contributed by atoms with Crippen molar-refractivity contribution >= 4 is 0 Å². The fourth-order valence-electron chi connectivity index (χ4n) is 2.17. The molecule has 0 aliphatic carbocycles. The van der Waals surface area contributed by atoms with Crippen LogP contribution in [0, 0.1) is 13.8 Å². The molecular formula is C15H21N3. The Hall–Kier alpha value is -1.61. The molecule has 18 heavy (non-hydrogen) atoms. The lowest BCUT2D eigenvalue weighted by atomic mass is 9.98. The number of hydrogen-bond acceptors (Lipinski definition) is 2. The van der Waals surface area contributed by atoms with Gasteiger partial charge in [0.1, 0.15) is 0 Å². The maximum absolute atomic E-state index is 4.35. The summed E-state index contributed by atoms with van der Waals surface area (Å²) in [6, 6.07) is 6.83. The highest BCUT2D eigenvalue weighted by Crippen LogP contribution is 2.23. The third-order valence-electron chi connectivity index (χ3n) is 3.46. The number of nitrogens with zero attached hydrogens (tertiary/aromatic N) is 2. The van der Waals surface area contributed by atoms with E-state index in [9.17, 15) is 0 Å². The lowest BCUT2D eigenvalue weighted by Gasteiger charge is -2.16. The summed E-state index contributed by atoms with van der Waals surface area (Å²) in [6.45, 7) is 7.30. The summed E-state index contributed by atoms with van der Waals surface area (Å²) in [6.07, 6.45) is 4.05. The quantitative estimate of drug-likeness (QED) is 0.895. The first-order valence-electron chi connectivity index (χ1n) is 6.42. The predicted molar refractivity (Wildman–Crippen MR) is 74.7 cm³/mol. The molecule has 0 saturated carbocycles. The van der Waals surface area contributed by atoms with Crippen LogP contribution >= 0.6 is 0 Å². The number of aromatic nitrogens is 2. The first kappa shape index (κ1) is 12.8. The van der Waals surface area contributed by atoms with E-state index in [2.05, 4.69) is 55.6 Å². The molecule has 0 spiro atoms. The van der Waals surface area contributed by atoms with Crippen molar-refractivity contribution in [1.29, 1.82) is 0 Å². The second-order valence-electron chi connectivity index (χ2n) is 4.69. The van der Waals surface area contributed by atoms with Crippen LogP contribution in [0.4, 0.5) is 0 Å². The molecule has 0 amide bonds. The molecule has 0 bridgehead atoms. The average molecular weight is 243 g/mol. The number of hydrogen-bond donors (Lipinski definition) is 1. The minimum atomic E-state index is 0.213. The van der Waals surface area contributed by atoms with E-state index < -0.39 is 0 Å². The van der Waals surface area contributed by atoms with Crippen molar-refractivity contribution in [2.75, 3.05) is 7.05 Å². The van der Waals surface area contributed by atoms with Gasteiger partial charge in [0.25, 0.3) is 0 Å². The summed E-state index contributed by atoms with van der Waals surface area (Å²) < 4.78 is 1.96. The zero-order valence-electron chi connectivity index (χ0n) is 11.6. The second kappa shape index (κ2) is 5.36. The zero-order chi connectivity index (χ0) is 13.1. The van der Waals surface area contributed by atoms with Gasteiger partial charge in [0, 0.05) is 18.3 Å². The first-order chi connectivity index (χ1) is 8.65. The summed E-state index contributed by atoms with van der Waals surface area (Å²) >= 11 is 0. The highest BCUT2D eigenvalue weighted by atomic mass is 15.3. The third kappa shape index (κ3) is 2.46. The standard InChI is InChI=1S/C15H21N3/c1-5-18-10-14(9-17-18)15(16-4)13-7-6-11(2)12(3)8-13/h6-10,15-16H,5H2,1-4H3. The lowest BCUT2D eigenvalue weighted by molar-refractivity contribution is 0.653. The highest BCUT2D eigenvalue weighted by Gasteiger charge is 2.14.